The van der Waals surface area contributed by atoms with Crippen molar-refractivity contribution in [2.75, 3.05) is 27.9 Å². The summed E-state index contributed by atoms with van der Waals surface area (Å²) in [4.78, 5) is 4.02. The molecule has 0 aliphatic carbocycles. The molecule has 0 bridgehead atoms. The molecule has 2 rings (SSSR count). The lowest BCUT2D eigenvalue weighted by atomic mass is 10.0. The van der Waals surface area contributed by atoms with E-state index in [-0.39, 0.29) is 0 Å². The minimum atomic E-state index is 0.357. The molecule has 20 heavy (non-hydrogen) atoms. The summed E-state index contributed by atoms with van der Waals surface area (Å²) < 4.78 is 15.9. The number of rotatable bonds is 4. The Labute approximate surface area is 117 Å². The van der Waals surface area contributed by atoms with Crippen LogP contribution in [0.3, 0.4) is 0 Å². The van der Waals surface area contributed by atoms with Crippen LogP contribution in [0.25, 0.3) is 5.70 Å². The molecule has 1 aromatic rings. The highest BCUT2D eigenvalue weighted by Crippen LogP contribution is 2.40. The van der Waals surface area contributed by atoms with Crippen molar-refractivity contribution in [3.8, 4) is 23.3 Å². The van der Waals surface area contributed by atoms with E-state index in [9.17, 15) is 0 Å². The highest BCUT2D eigenvalue weighted by Gasteiger charge is 2.18. The zero-order valence-electron chi connectivity index (χ0n) is 11.6. The first-order valence-electron chi connectivity index (χ1n) is 5.93. The zero-order chi connectivity index (χ0) is 14.5. The highest BCUT2D eigenvalue weighted by atomic mass is 16.5. The normalized spacial score (nSPS) is 13.5. The van der Waals surface area contributed by atoms with Gasteiger partial charge in [0.15, 0.2) is 11.5 Å². The van der Waals surface area contributed by atoms with Crippen LogP contribution in [-0.4, -0.2) is 34.2 Å². The Hall–Kier alpha value is -2.68. The molecule has 0 saturated carbocycles. The summed E-state index contributed by atoms with van der Waals surface area (Å²) in [5.41, 5.74) is 2.03. The number of nitriles is 1. The fourth-order valence-electron chi connectivity index (χ4n) is 1.99. The van der Waals surface area contributed by atoms with Crippen molar-refractivity contribution in [1.82, 2.24) is 5.32 Å². The standard InChI is InChI=1S/C14H15N3O3/c1-18-11-4-9(5-12(19-2)14(11)20-3)13-10(6-15)7-16-8-17-13/h4-5,8H,7H2,1-3H3,(H,16,17). The van der Waals surface area contributed by atoms with Gasteiger partial charge >= 0.3 is 0 Å². The summed E-state index contributed by atoms with van der Waals surface area (Å²) in [5, 5.41) is 12.2. The summed E-state index contributed by atoms with van der Waals surface area (Å²) in [6.45, 7) is 0.357. The number of methoxy groups -OCH3 is 3. The Bertz CT molecular complexity index is 590. The topological polar surface area (TPSA) is 75.9 Å². The third kappa shape index (κ3) is 2.38. The molecule has 1 aromatic carbocycles. The molecule has 1 aliphatic rings. The third-order valence-electron chi connectivity index (χ3n) is 2.94. The van der Waals surface area contributed by atoms with E-state index in [0.29, 0.717) is 35.1 Å². The first-order valence-corrected chi connectivity index (χ1v) is 5.93. The smallest absolute Gasteiger partial charge is 0.203 e. The lowest BCUT2D eigenvalue weighted by Gasteiger charge is -2.17. The van der Waals surface area contributed by atoms with Gasteiger partial charge in [-0.3, -0.25) is 4.99 Å². The van der Waals surface area contributed by atoms with E-state index in [4.69, 9.17) is 19.5 Å². The van der Waals surface area contributed by atoms with E-state index in [0.717, 1.165) is 5.56 Å². The van der Waals surface area contributed by atoms with Gasteiger partial charge in [0.1, 0.15) is 0 Å². The largest absolute Gasteiger partial charge is 0.493 e. The Kier molecular flexibility index (Phi) is 4.11. The molecule has 0 unspecified atom stereocenters. The molecule has 0 spiro atoms. The summed E-state index contributed by atoms with van der Waals surface area (Å²) in [7, 11) is 4.65. The Balaban J connectivity index is 2.58. The second-order valence-corrected chi connectivity index (χ2v) is 3.99. The molecule has 6 heteroatoms. The molecule has 0 saturated heterocycles. The Morgan fingerprint density at radius 1 is 1.15 bits per heavy atom. The van der Waals surface area contributed by atoms with E-state index in [1.165, 1.54) is 0 Å². The average molecular weight is 273 g/mol. The van der Waals surface area contributed by atoms with E-state index in [2.05, 4.69) is 16.4 Å². The van der Waals surface area contributed by atoms with Gasteiger partial charge in [-0.05, 0) is 12.1 Å². The Morgan fingerprint density at radius 2 is 1.80 bits per heavy atom. The number of hydrogen-bond donors (Lipinski definition) is 1. The maximum atomic E-state index is 9.17. The van der Waals surface area contributed by atoms with Crippen LogP contribution in [0.5, 0.6) is 17.2 Å². The van der Waals surface area contributed by atoms with Crippen molar-refractivity contribution in [3.05, 3.63) is 23.3 Å². The molecular weight excluding hydrogens is 258 g/mol. The van der Waals surface area contributed by atoms with Crippen molar-refractivity contribution in [1.29, 1.82) is 5.26 Å². The fourth-order valence-corrected chi connectivity index (χ4v) is 1.99. The van der Waals surface area contributed by atoms with Crippen molar-refractivity contribution < 1.29 is 14.2 Å². The molecule has 0 atom stereocenters. The molecule has 0 fully saturated rings. The maximum Gasteiger partial charge on any atom is 0.203 e. The van der Waals surface area contributed by atoms with E-state index < -0.39 is 0 Å². The van der Waals surface area contributed by atoms with Gasteiger partial charge in [0.2, 0.25) is 5.75 Å². The number of benzene rings is 1. The predicted octanol–water partition coefficient (Wildman–Crippen LogP) is 1.58. The van der Waals surface area contributed by atoms with Crippen LogP contribution < -0.4 is 19.5 Å². The van der Waals surface area contributed by atoms with Crippen LogP contribution in [0.1, 0.15) is 5.56 Å². The molecule has 6 nitrogen and oxygen atoms in total. The van der Waals surface area contributed by atoms with E-state index in [1.54, 1.807) is 39.8 Å². The minimum Gasteiger partial charge on any atom is -0.493 e. The van der Waals surface area contributed by atoms with Gasteiger partial charge in [-0.2, -0.15) is 5.26 Å². The summed E-state index contributed by atoms with van der Waals surface area (Å²) in [6.07, 6.45) is 1.57. The van der Waals surface area contributed by atoms with Crippen LogP contribution >= 0.6 is 0 Å². The van der Waals surface area contributed by atoms with Gasteiger partial charge in [0, 0.05) is 5.56 Å². The van der Waals surface area contributed by atoms with Crippen LogP contribution in [0.15, 0.2) is 22.7 Å². The SMILES string of the molecule is COc1cc(C2=C(C#N)CN=CN2)cc(OC)c1OC. The van der Waals surface area contributed by atoms with Gasteiger partial charge in [-0.1, -0.05) is 0 Å². The number of nitrogens with zero attached hydrogens (tertiary/aromatic N) is 2. The first kappa shape index (κ1) is 13.7. The average Bonchev–Trinajstić information content (AvgIpc) is 2.53. The van der Waals surface area contributed by atoms with Crippen molar-refractivity contribution in [3.63, 3.8) is 0 Å². The molecule has 1 aliphatic heterocycles. The predicted molar refractivity (Wildman–Crippen MR) is 75.1 cm³/mol. The van der Waals surface area contributed by atoms with Crippen LogP contribution in [0, 0.1) is 11.3 Å². The van der Waals surface area contributed by atoms with Crippen LogP contribution in [0.2, 0.25) is 0 Å². The lowest BCUT2D eigenvalue weighted by molar-refractivity contribution is 0.324. The van der Waals surface area contributed by atoms with Gasteiger partial charge in [-0.15, -0.1) is 0 Å². The zero-order valence-corrected chi connectivity index (χ0v) is 11.6. The van der Waals surface area contributed by atoms with E-state index in [1.807, 2.05) is 0 Å². The molecule has 0 aromatic heterocycles. The second kappa shape index (κ2) is 5.97. The highest BCUT2D eigenvalue weighted by molar-refractivity contribution is 5.83. The van der Waals surface area contributed by atoms with Crippen LogP contribution in [0.4, 0.5) is 0 Å². The van der Waals surface area contributed by atoms with Crippen molar-refractivity contribution >= 4 is 12.0 Å². The molecular formula is C14H15N3O3. The van der Waals surface area contributed by atoms with Crippen molar-refractivity contribution in [2.24, 2.45) is 4.99 Å². The maximum absolute atomic E-state index is 9.17. The molecule has 1 N–H and O–H groups in total. The number of aliphatic imine (C=N–C) groups is 1. The number of ether oxygens (including phenoxy) is 3. The van der Waals surface area contributed by atoms with E-state index >= 15 is 0 Å². The quantitative estimate of drug-likeness (QED) is 0.901. The summed E-state index contributed by atoms with van der Waals surface area (Å²) >= 11 is 0. The van der Waals surface area contributed by atoms with Gasteiger partial charge in [0.05, 0.1) is 51.6 Å². The van der Waals surface area contributed by atoms with Crippen molar-refractivity contribution in [2.45, 2.75) is 0 Å². The second-order valence-electron chi connectivity index (χ2n) is 3.99. The minimum absolute atomic E-state index is 0.357. The molecule has 1 heterocycles. The molecule has 0 radical (unpaired) electrons. The first-order chi connectivity index (χ1) is 9.74. The van der Waals surface area contributed by atoms with Crippen LogP contribution in [-0.2, 0) is 0 Å². The third-order valence-corrected chi connectivity index (χ3v) is 2.94. The lowest BCUT2D eigenvalue weighted by Crippen LogP contribution is -2.17. The number of nitrogens with one attached hydrogen (secondary N) is 1. The van der Waals surface area contributed by atoms with Gasteiger partial charge in [-0.25, -0.2) is 0 Å². The van der Waals surface area contributed by atoms with Gasteiger partial charge in [0.25, 0.3) is 0 Å². The monoisotopic (exact) mass is 273 g/mol. The Morgan fingerprint density at radius 3 is 2.30 bits per heavy atom. The fraction of sp³-hybridized carbons (Fsp3) is 0.286. The summed E-state index contributed by atoms with van der Waals surface area (Å²) in [5.74, 6) is 1.59. The number of hydrogen-bond acceptors (Lipinski definition) is 6. The molecule has 104 valence electrons. The summed E-state index contributed by atoms with van der Waals surface area (Å²) in [6, 6.07) is 5.73. The van der Waals surface area contributed by atoms with Gasteiger partial charge < -0.3 is 19.5 Å². The molecule has 0 amide bonds.